The van der Waals surface area contributed by atoms with Crippen LogP contribution in [0.15, 0.2) is 46.9 Å². The Bertz CT molecular complexity index is 997. The molecular weight excluding hydrogens is 472 g/mol. The number of hydrogen-bond acceptors (Lipinski definition) is 4. The number of fused-ring (bicyclic) bond motifs is 1. The first kappa shape index (κ1) is 22.8. The van der Waals surface area contributed by atoms with Crippen molar-refractivity contribution < 1.29 is 14.3 Å². The predicted octanol–water partition coefficient (Wildman–Crippen LogP) is 4.09. The van der Waals surface area contributed by atoms with E-state index >= 15 is 0 Å². The molecule has 2 aliphatic heterocycles. The molecule has 1 saturated heterocycles. The molecule has 0 bridgehead atoms. The Kier molecular flexibility index (Phi) is 6.83. The van der Waals surface area contributed by atoms with Gasteiger partial charge in [-0.1, -0.05) is 22.0 Å². The number of likely N-dealkylation sites (tertiary alicyclic amines) is 1. The third-order valence-corrected chi connectivity index (χ3v) is 6.95. The van der Waals surface area contributed by atoms with Crippen LogP contribution in [0.5, 0.6) is 0 Å². The van der Waals surface area contributed by atoms with Crippen molar-refractivity contribution in [2.45, 2.75) is 44.5 Å². The summed E-state index contributed by atoms with van der Waals surface area (Å²) in [4.78, 5) is 30.0. The van der Waals surface area contributed by atoms with Crippen molar-refractivity contribution in [3.63, 3.8) is 0 Å². The molecule has 2 aromatic rings. The van der Waals surface area contributed by atoms with E-state index in [4.69, 9.17) is 4.74 Å². The van der Waals surface area contributed by atoms with Gasteiger partial charge in [-0.15, -0.1) is 0 Å². The molecule has 32 heavy (non-hydrogen) atoms. The van der Waals surface area contributed by atoms with Crippen molar-refractivity contribution in [2.75, 3.05) is 31.3 Å². The Morgan fingerprint density at radius 3 is 2.50 bits per heavy atom. The van der Waals surface area contributed by atoms with Crippen LogP contribution in [-0.2, 0) is 22.5 Å². The number of ether oxygens (including phenoxy) is 1. The molecule has 2 heterocycles. The van der Waals surface area contributed by atoms with Gasteiger partial charge in [-0.3, -0.25) is 9.69 Å². The second-order valence-electron chi connectivity index (χ2n) is 8.64. The van der Waals surface area contributed by atoms with Crippen molar-refractivity contribution in [2.24, 2.45) is 0 Å². The van der Waals surface area contributed by atoms with Gasteiger partial charge >= 0.3 is 6.03 Å². The highest BCUT2D eigenvalue weighted by molar-refractivity contribution is 9.10. The molecule has 0 radical (unpaired) electrons. The molecular formula is C24H29BrN4O3. The number of anilines is 2. The topological polar surface area (TPSA) is 73.9 Å². The van der Waals surface area contributed by atoms with Crippen LogP contribution in [-0.4, -0.2) is 60.6 Å². The molecule has 7 nitrogen and oxygen atoms in total. The van der Waals surface area contributed by atoms with E-state index in [1.165, 1.54) is 11.1 Å². The molecule has 3 atom stereocenters. The number of urea groups is 1. The van der Waals surface area contributed by atoms with Crippen LogP contribution in [0.25, 0.3) is 0 Å². The minimum absolute atomic E-state index is 0.179. The molecule has 0 aliphatic carbocycles. The minimum Gasteiger partial charge on any atom is -0.380 e. The number of nitrogens with one attached hydrogen (secondary N) is 2. The summed E-state index contributed by atoms with van der Waals surface area (Å²) in [6, 6.07) is 13.0. The van der Waals surface area contributed by atoms with E-state index in [9.17, 15) is 9.59 Å². The maximum atomic E-state index is 13.2. The van der Waals surface area contributed by atoms with Gasteiger partial charge in [0.25, 0.3) is 0 Å². The van der Waals surface area contributed by atoms with Crippen LogP contribution in [0.4, 0.5) is 16.2 Å². The quantitative estimate of drug-likeness (QED) is 0.662. The van der Waals surface area contributed by atoms with Gasteiger partial charge in [0, 0.05) is 48.5 Å². The predicted molar refractivity (Wildman–Crippen MR) is 129 cm³/mol. The average Bonchev–Trinajstić information content (AvgIpc) is 3.21. The van der Waals surface area contributed by atoms with E-state index in [2.05, 4.69) is 57.6 Å². The van der Waals surface area contributed by atoms with E-state index in [1.807, 2.05) is 30.3 Å². The monoisotopic (exact) mass is 500 g/mol. The molecule has 0 unspecified atom stereocenters. The van der Waals surface area contributed by atoms with E-state index in [0.29, 0.717) is 24.7 Å². The SMILES string of the molecule is CO[C@@H]1C[C@H](C(=O)Nc2ccc3c(c2)C[C@H](C)N(C)C3)N(C(=O)Nc2ccc(Br)cc2)C1. The standard InChI is InChI=1S/C24H29BrN4O3/c1-15-10-17-11-20(7-4-16(17)13-28(15)2)26-23(30)22-12-21(32-3)14-29(22)24(31)27-19-8-5-18(25)6-9-19/h4-9,11,15,21-22H,10,12-14H2,1-3H3,(H,26,30)(H,27,31)/t15-,21+,22+/m0/s1. The van der Waals surface area contributed by atoms with Gasteiger partial charge in [-0.05, 0) is 67.9 Å². The van der Waals surface area contributed by atoms with Gasteiger partial charge < -0.3 is 20.3 Å². The van der Waals surface area contributed by atoms with E-state index in [-0.39, 0.29) is 18.0 Å². The summed E-state index contributed by atoms with van der Waals surface area (Å²) in [5.74, 6) is -0.198. The summed E-state index contributed by atoms with van der Waals surface area (Å²) in [6.45, 7) is 3.48. The Balaban J connectivity index is 1.46. The van der Waals surface area contributed by atoms with Gasteiger partial charge in [0.1, 0.15) is 6.04 Å². The number of hydrogen-bond donors (Lipinski definition) is 2. The number of nitrogens with zero attached hydrogens (tertiary/aromatic N) is 2. The lowest BCUT2D eigenvalue weighted by Gasteiger charge is -2.32. The van der Waals surface area contributed by atoms with Gasteiger partial charge in [0.05, 0.1) is 6.10 Å². The lowest BCUT2D eigenvalue weighted by atomic mass is 9.95. The zero-order chi connectivity index (χ0) is 22.8. The number of amides is 3. The fourth-order valence-electron chi connectivity index (χ4n) is 4.34. The normalized spacial score (nSPS) is 23.0. The maximum absolute atomic E-state index is 13.2. The second kappa shape index (κ2) is 9.60. The molecule has 0 saturated carbocycles. The van der Waals surface area contributed by atoms with Gasteiger partial charge in [0.2, 0.25) is 5.91 Å². The first-order chi connectivity index (χ1) is 15.3. The second-order valence-corrected chi connectivity index (χ2v) is 9.56. The summed E-state index contributed by atoms with van der Waals surface area (Å²) in [7, 11) is 3.74. The number of carbonyl (C=O) groups is 2. The maximum Gasteiger partial charge on any atom is 0.322 e. The summed E-state index contributed by atoms with van der Waals surface area (Å²) in [6.07, 6.45) is 1.23. The van der Waals surface area contributed by atoms with Crippen LogP contribution in [0.3, 0.4) is 0 Å². The van der Waals surface area contributed by atoms with Crippen LogP contribution >= 0.6 is 15.9 Å². The van der Waals surface area contributed by atoms with Crippen molar-refractivity contribution in [3.8, 4) is 0 Å². The molecule has 8 heteroatoms. The number of carbonyl (C=O) groups excluding carboxylic acids is 2. The highest BCUT2D eigenvalue weighted by Gasteiger charge is 2.40. The fourth-order valence-corrected chi connectivity index (χ4v) is 4.61. The average molecular weight is 501 g/mol. The Hall–Kier alpha value is -2.42. The molecule has 1 fully saturated rings. The number of benzene rings is 2. The first-order valence-corrected chi connectivity index (χ1v) is 11.6. The van der Waals surface area contributed by atoms with Crippen molar-refractivity contribution in [3.05, 3.63) is 58.1 Å². The Labute approximate surface area is 197 Å². The summed E-state index contributed by atoms with van der Waals surface area (Å²) in [5.41, 5.74) is 3.99. The molecule has 170 valence electrons. The third kappa shape index (κ3) is 4.98. The van der Waals surface area contributed by atoms with E-state index in [1.54, 1.807) is 12.0 Å². The van der Waals surface area contributed by atoms with Crippen LogP contribution in [0, 0.1) is 0 Å². The van der Waals surface area contributed by atoms with E-state index < -0.39 is 6.04 Å². The molecule has 3 amide bonds. The largest absolute Gasteiger partial charge is 0.380 e. The minimum atomic E-state index is -0.600. The molecule has 4 rings (SSSR count). The lowest BCUT2D eigenvalue weighted by molar-refractivity contribution is -0.119. The highest BCUT2D eigenvalue weighted by Crippen LogP contribution is 2.27. The zero-order valence-corrected chi connectivity index (χ0v) is 20.2. The summed E-state index contributed by atoms with van der Waals surface area (Å²) < 4.78 is 6.40. The summed E-state index contributed by atoms with van der Waals surface area (Å²) >= 11 is 3.39. The lowest BCUT2D eigenvalue weighted by Crippen LogP contribution is -2.45. The first-order valence-electron chi connectivity index (χ1n) is 10.8. The van der Waals surface area contributed by atoms with Crippen LogP contribution < -0.4 is 10.6 Å². The number of methoxy groups -OCH3 is 1. The Morgan fingerprint density at radius 2 is 1.78 bits per heavy atom. The van der Waals surface area contributed by atoms with Crippen molar-refractivity contribution in [1.29, 1.82) is 0 Å². The highest BCUT2D eigenvalue weighted by atomic mass is 79.9. The van der Waals surface area contributed by atoms with Crippen LogP contribution in [0.2, 0.25) is 0 Å². The van der Waals surface area contributed by atoms with Gasteiger partial charge in [-0.2, -0.15) is 0 Å². The summed E-state index contributed by atoms with van der Waals surface area (Å²) in [5, 5.41) is 5.91. The fraction of sp³-hybridized carbons (Fsp3) is 0.417. The molecule has 0 spiro atoms. The van der Waals surface area contributed by atoms with E-state index in [0.717, 1.165) is 23.1 Å². The molecule has 2 aliphatic rings. The molecule has 0 aromatic heterocycles. The Morgan fingerprint density at radius 1 is 1.06 bits per heavy atom. The number of likely N-dealkylation sites (N-methyl/N-ethyl adjacent to an activating group) is 1. The smallest absolute Gasteiger partial charge is 0.322 e. The molecule has 2 aromatic carbocycles. The zero-order valence-electron chi connectivity index (χ0n) is 18.6. The van der Waals surface area contributed by atoms with Crippen molar-refractivity contribution in [1.82, 2.24) is 9.80 Å². The van der Waals surface area contributed by atoms with Crippen molar-refractivity contribution >= 4 is 39.2 Å². The van der Waals surface area contributed by atoms with Gasteiger partial charge in [0.15, 0.2) is 0 Å². The number of rotatable bonds is 4. The van der Waals surface area contributed by atoms with Crippen LogP contribution in [0.1, 0.15) is 24.5 Å². The third-order valence-electron chi connectivity index (χ3n) is 6.42. The number of halogens is 1. The molecule has 2 N–H and O–H groups in total. The van der Waals surface area contributed by atoms with Gasteiger partial charge in [-0.25, -0.2) is 4.79 Å².